The first kappa shape index (κ1) is 14.3. The van der Waals surface area contributed by atoms with Gasteiger partial charge in [0.25, 0.3) is 0 Å². The number of aryl methyl sites for hydroxylation is 3. The number of nitrogens with one attached hydrogen (secondary N) is 2. The molecule has 2 N–H and O–H groups in total. The molecule has 1 aromatic carbocycles. The molecule has 0 saturated carbocycles. The van der Waals surface area contributed by atoms with Crippen LogP contribution in [0.3, 0.4) is 0 Å². The Hall–Kier alpha value is -2.63. The number of imidazole rings is 1. The van der Waals surface area contributed by atoms with Gasteiger partial charge in [0, 0.05) is 23.5 Å². The molecule has 0 aliphatic carbocycles. The van der Waals surface area contributed by atoms with Crippen LogP contribution in [0, 0.1) is 13.8 Å². The molecule has 0 fully saturated rings. The third kappa shape index (κ3) is 3.00. The van der Waals surface area contributed by atoms with E-state index in [1.54, 1.807) is 0 Å². The number of nitrogens with zero attached hydrogens (tertiary/aromatic N) is 4. The summed E-state index contributed by atoms with van der Waals surface area (Å²) < 4.78 is 1.82. The lowest BCUT2D eigenvalue weighted by Crippen LogP contribution is -2.00. The molecule has 114 valence electrons. The van der Waals surface area contributed by atoms with Crippen molar-refractivity contribution in [1.29, 1.82) is 0 Å². The molecule has 0 aliphatic rings. The highest BCUT2D eigenvalue weighted by molar-refractivity contribution is 5.63. The van der Waals surface area contributed by atoms with Gasteiger partial charge >= 0.3 is 0 Å². The highest BCUT2D eigenvalue weighted by atomic mass is 15.4. The molecule has 3 rings (SSSR count). The van der Waals surface area contributed by atoms with E-state index in [0.717, 1.165) is 40.7 Å². The first-order valence-corrected chi connectivity index (χ1v) is 7.42. The summed E-state index contributed by atoms with van der Waals surface area (Å²) in [5, 5.41) is 11.5. The average molecular weight is 296 g/mol. The Morgan fingerprint density at radius 2 is 2.14 bits per heavy atom. The largest absolute Gasteiger partial charge is 0.379 e. The van der Waals surface area contributed by atoms with Crippen molar-refractivity contribution in [2.24, 2.45) is 0 Å². The molecular weight excluding hydrogens is 276 g/mol. The Balaban J connectivity index is 1.73. The summed E-state index contributed by atoms with van der Waals surface area (Å²) in [7, 11) is 0. The Morgan fingerprint density at radius 3 is 2.82 bits per heavy atom. The van der Waals surface area contributed by atoms with Gasteiger partial charge in [-0.1, -0.05) is 17.3 Å². The fourth-order valence-corrected chi connectivity index (χ4v) is 2.23. The number of aromatic nitrogens is 5. The van der Waals surface area contributed by atoms with Crippen LogP contribution < -0.4 is 5.32 Å². The maximum Gasteiger partial charge on any atom is 0.137 e. The van der Waals surface area contributed by atoms with Crippen LogP contribution in [0.2, 0.25) is 0 Å². The van der Waals surface area contributed by atoms with E-state index >= 15 is 0 Å². The summed E-state index contributed by atoms with van der Waals surface area (Å²) in [5.74, 6) is 0.899. The molecule has 0 amide bonds. The minimum atomic E-state index is 0.652. The zero-order chi connectivity index (χ0) is 15.5. The zero-order valence-electron chi connectivity index (χ0n) is 13.1. The number of hydrogen-bond donors (Lipinski definition) is 2. The summed E-state index contributed by atoms with van der Waals surface area (Å²) in [5.41, 5.74) is 5.17. The van der Waals surface area contributed by atoms with Crippen LogP contribution in [-0.2, 0) is 13.1 Å². The number of H-pyrrole nitrogens is 1. The fraction of sp³-hybridized carbons (Fsp3) is 0.312. The van der Waals surface area contributed by atoms with E-state index in [9.17, 15) is 0 Å². The average Bonchev–Trinajstić information content (AvgIpc) is 3.13. The third-order valence-corrected chi connectivity index (χ3v) is 3.65. The summed E-state index contributed by atoms with van der Waals surface area (Å²) >= 11 is 0. The maximum absolute atomic E-state index is 4.55. The molecule has 6 nitrogen and oxygen atoms in total. The van der Waals surface area contributed by atoms with Gasteiger partial charge in [-0.25, -0.2) is 4.98 Å². The lowest BCUT2D eigenvalue weighted by Gasteiger charge is -2.05. The molecule has 0 bridgehead atoms. The number of benzene rings is 1. The topological polar surface area (TPSA) is 71.4 Å². The van der Waals surface area contributed by atoms with Gasteiger partial charge in [-0.2, -0.15) is 0 Å². The van der Waals surface area contributed by atoms with Gasteiger partial charge in [0.15, 0.2) is 0 Å². The van der Waals surface area contributed by atoms with Crippen molar-refractivity contribution in [3.63, 3.8) is 0 Å². The summed E-state index contributed by atoms with van der Waals surface area (Å²) in [6.07, 6.45) is 1.95. The van der Waals surface area contributed by atoms with Gasteiger partial charge in [-0.05, 0) is 32.9 Å². The van der Waals surface area contributed by atoms with E-state index in [2.05, 4.69) is 37.7 Å². The lowest BCUT2D eigenvalue weighted by molar-refractivity contribution is 0.626. The predicted molar refractivity (Wildman–Crippen MR) is 86.5 cm³/mol. The molecule has 0 saturated heterocycles. The van der Waals surface area contributed by atoms with Gasteiger partial charge in [0.2, 0.25) is 0 Å². The van der Waals surface area contributed by atoms with Gasteiger partial charge in [0.1, 0.15) is 11.5 Å². The Labute approximate surface area is 129 Å². The number of hydrogen-bond acceptors (Lipinski definition) is 4. The zero-order valence-corrected chi connectivity index (χ0v) is 13.1. The number of anilines is 1. The van der Waals surface area contributed by atoms with Gasteiger partial charge < -0.3 is 10.3 Å². The second-order valence-corrected chi connectivity index (χ2v) is 5.30. The Bertz CT molecular complexity index is 751. The minimum absolute atomic E-state index is 0.652. The fourth-order valence-electron chi connectivity index (χ4n) is 2.23. The van der Waals surface area contributed by atoms with E-state index < -0.39 is 0 Å². The lowest BCUT2D eigenvalue weighted by atomic mass is 10.2. The van der Waals surface area contributed by atoms with Crippen molar-refractivity contribution in [2.75, 3.05) is 5.32 Å². The predicted octanol–water partition coefficient (Wildman–Crippen LogP) is 2.92. The molecular formula is C16H20N6. The van der Waals surface area contributed by atoms with Gasteiger partial charge in [-0.3, -0.25) is 4.68 Å². The minimum Gasteiger partial charge on any atom is -0.379 e. The molecule has 3 aromatic rings. The first-order chi connectivity index (χ1) is 10.7. The smallest absolute Gasteiger partial charge is 0.137 e. The second kappa shape index (κ2) is 6.01. The van der Waals surface area contributed by atoms with E-state index in [4.69, 9.17) is 0 Å². The summed E-state index contributed by atoms with van der Waals surface area (Å²) in [4.78, 5) is 7.85. The van der Waals surface area contributed by atoms with Gasteiger partial charge in [0.05, 0.1) is 18.4 Å². The standard InChI is InChI=1S/C16H20N6/c1-4-22-10-15(20-21-22)9-17-14-7-5-6-13(8-14)16-18-11(2)12(3)19-16/h5-8,10,17H,4,9H2,1-3H3,(H,18,19). The van der Waals surface area contributed by atoms with Crippen LogP contribution in [0.4, 0.5) is 5.69 Å². The normalized spacial score (nSPS) is 10.9. The number of rotatable bonds is 5. The van der Waals surface area contributed by atoms with Crippen LogP contribution in [0.25, 0.3) is 11.4 Å². The molecule has 2 aromatic heterocycles. The Morgan fingerprint density at radius 1 is 1.27 bits per heavy atom. The Kier molecular flexibility index (Phi) is 3.91. The van der Waals surface area contributed by atoms with Crippen molar-refractivity contribution in [2.45, 2.75) is 33.9 Å². The molecule has 6 heteroatoms. The van der Waals surface area contributed by atoms with Crippen LogP contribution in [0.1, 0.15) is 24.0 Å². The molecule has 2 heterocycles. The molecule has 22 heavy (non-hydrogen) atoms. The second-order valence-electron chi connectivity index (χ2n) is 5.30. The van der Waals surface area contributed by atoms with Crippen molar-refractivity contribution in [3.8, 4) is 11.4 Å². The summed E-state index contributed by atoms with van der Waals surface area (Å²) in [6.45, 7) is 7.57. The molecule has 0 spiro atoms. The molecule has 0 unspecified atom stereocenters. The first-order valence-electron chi connectivity index (χ1n) is 7.42. The van der Waals surface area contributed by atoms with Crippen molar-refractivity contribution in [3.05, 3.63) is 47.5 Å². The van der Waals surface area contributed by atoms with Crippen LogP contribution in [0.5, 0.6) is 0 Å². The van der Waals surface area contributed by atoms with E-state index in [-0.39, 0.29) is 0 Å². The number of aromatic amines is 1. The van der Waals surface area contributed by atoms with Gasteiger partial charge in [-0.15, -0.1) is 5.10 Å². The third-order valence-electron chi connectivity index (χ3n) is 3.65. The highest BCUT2D eigenvalue weighted by Crippen LogP contribution is 2.21. The van der Waals surface area contributed by atoms with Crippen molar-refractivity contribution < 1.29 is 0 Å². The van der Waals surface area contributed by atoms with Crippen molar-refractivity contribution >= 4 is 5.69 Å². The van der Waals surface area contributed by atoms with E-state index in [0.29, 0.717) is 6.54 Å². The van der Waals surface area contributed by atoms with Crippen LogP contribution >= 0.6 is 0 Å². The van der Waals surface area contributed by atoms with E-state index in [1.165, 1.54) is 0 Å². The SMILES string of the molecule is CCn1cc(CNc2cccc(-c3nc(C)c(C)[nH]3)c2)nn1. The maximum atomic E-state index is 4.55. The molecule has 0 aliphatic heterocycles. The van der Waals surface area contributed by atoms with Crippen molar-refractivity contribution in [1.82, 2.24) is 25.0 Å². The van der Waals surface area contributed by atoms with Crippen LogP contribution in [-0.4, -0.2) is 25.0 Å². The highest BCUT2D eigenvalue weighted by Gasteiger charge is 2.06. The van der Waals surface area contributed by atoms with Crippen LogP contribution in [0.15, 0.2) is 30.5 Å². The quantitative estimate of drug-likeness (QED) is 0.759. The molecule has 0 atom stereocenters. The monoisotopic (exact) mass is 296 g/mol. The summed E-state index contributed by atoms with van der Waals surface area (Å²) in [6, 6.07) is 8.20. The molecule has 0 radical (unpaired) electrons. The van der Waals surface area contributed by atoms with E-state index in [1.807, 2.05) is 43.8 Å².